The summed E-state index contributed by atoms with van der Waals surface area (Å²) >= 11 is 1.71. The lowest BCUT2D eigenvalue weighted by Gasteiger charge is -2.39. The van der Waals surface area contributed by atoms with E-state index in [1.165, 1.54) is 0 Å². The van der Waals surface area contributed by atoms with E-state index in [-0.39, 0.29) is 29.5 Å². The number of nitrogens with zero attached hydrogens (tertiary/aromatic N) is 4. The Hall–Kier alpha value is -1.39. The Morgan fingerprint density at radius 3 is 2.45 bits per heavy atom. The third-order valence-electron chi connectivity index (χ3n) is 5.55. The van der Waals surface area contributed by atoms with Crippen molar-refractivity contribution in [1.82, 2.24) is 19.8 Å². The maximum atomic E-state index is 13.2. The van der Waals surface area contributed by atoms with Crippen LogP contribution in [0, 0.1) is 13.8 Å². The van der Waals surface area contributed by atoms with Crippen LogP contribution in [0.1, 0.15) is 24.2 Å². The molecule has 0 spiro atoms. The summed E-state index contributed by atoms with van der Waals surface area (Å²) in [5.74, 6) is 1.97. The summed E-state index contributed by atoms with van der Waals surface area (Å²) in [6.45, 7) is 6.53. The molecule has 29 heavy (non-hydrogen) atoms. The van der Waals surface area contributed by atoms with Crippen LogP contribution in [0.4, 0.5) is 5.95 Å². The number of aromatic nitrogens is 2. The van der Waals surface area contributed by atoms with E-state index >= 15 is 0 Å². The fourth-order valence-electron chi connectivity index (χ4n) is 4.03. The van der Waals surface area contributed by atoms with Crippen LogP contribution in [0.5, 0.6) is 0 Å². The van der Waals surface area contributed by atoms with Crippen LogP contribution in [0.15, 0.2) is 6.07 Å². The Morgan fingerprint density at radius 1 is 1.24 bits per heavy atom. The minimum absolute atomic E-state index is 0.0699. The van der Waals surface area contributed by atoms with Crippen LogP contribution in [0.2, 0.25) is 0 Å². The number of nitrogens with one attached hydrogen (secondary N) is 1. The third-order valence-corrected chi connectivity index (χ3v) is 7.94. The summed E-state index contributed by atoms with van der Waals surface area (Å²) in [5, 5.41) is 3.25. The molecule has 0 aromatic carbocycles. The van der Waals surface area contributed by atoms with E-state index in [0.717, 1.165) is 30.2 Å². The van der Waals surface area contributed by atoms with E-state index in [1.54, 1.807) is 11.8 Å². The minimum Gasteiger partial charge on any atom is -0.342 e. The molecule has 0 aliphatic carbocycles. The molecule has 3 rings (SSSR count). The van der Waals surface area contributed by atoms with Gasteiger partial charge in [-0.3, -0.25) is 9.69 Å². The van der Waals surface area contributed by atoms with Gasteiger partial charge in [-0.05, 0) is 44.8 Å². The number of thioether (sulfide) groups is 1. The molecule has 2 fully saturated rings. The predicted molar refractivity (Wildman–Crippen MR) is 117 cm³/mol. The second-order valence-corrected chi connectivity index (χ2v) is 11.1. The first-order chi connectivity index (χ1) is 13.8. The highest BCUT2D eigenvalue weighted by atomic mass is 32.2. The van der Waals surface area contributed by atoms with Crippen LogP contribution in [0.25, 0.3) is 0 Å². The molecule has 2 saturated heterocycles. The highest BCUT2D eigenvalue weighted by Crippen LogP contribution is 2.20. The molecular formula is C19H31N5O3S2. The van der Waals surface area contributed by atoms with E-state index in [2.05, 4.69) is 20.2 Å². The second-order valence-electron chi connectivity index (χ2n) is 7.87. The van der Waals surface area contributed by atoms with E-state index < -0.39 is 9.84 Å². The molecule has 2 unspecified atom stereocenters. The Kier molecular flexibility index (Phi) is 7.39. The fourth-order valence-corrected chi connectivity index (χ4v) is 6.26. The van der Waals surface area contributed by atoms with Gasteiger partial charge in [0.1, 0.15) is 6.04 Å². The number of hydrogen-bond donors (Lipinski definition) is 1. The van der Waals surface area contributed by atoms with Gasteiger partial charge in [-0.1, -0.05) is 0 Å². The van der Waals surface area contributed by atoms with Crippen LogP contribution >= 0.6 is 11.8 Å². The average Bonchev–Trinajstić information content (AvgIpc) is 3.03. The number of sulfone groups is 1. The number of piperazine rings is 1. The van der Waals surface area contributed by atoms with Gasteiger partial charge in [0.05, 0.1) is 11.5 Å². The first kappa shape index (κ1) is 22.3. The zero-order chi connectivity index (χ0) is 21.0. The molecule has 0 bridgehead atoms. The van der Waals surface area contributed by atoms with Gasteiger partial charge in [-0.2, -0.15) is 11.8 Å². The lowest BCUT2D eigenvalue weighted by Crippen LogP contribution is -2.55. The molecule has 3 heterocycles. The molecule has 10 heteroatoms. The zero-order valence-electron chi connectivity index (χ0n) is 17.4. The lowest BCUT2D eigenvalue weighted by atomic mass is 10.1. The van der Waals surface area contributed by atoms with Crippen molar-refractivity contribution in [3.8, 4) is 0 Å². The largest absolute Gasteiger partial charge is 0.342 e. The van der Waals surface area contributed by atoms with Crippen molar-refractivity contribution in [3.05, 3.63) is 17.5 Å². The zero-order valence-corrected chi connectivity index (χ0v) is 19.1. The SMILES string of the molecule is CSCCC(Nc1nc(C)cc(C)n1)C(=O)N1CCN(C2CCS(=O)(=O)C2)CC1. The van der Waals surface area contributed by atoms with E-state index in [4.69, 9.17) is 0 Å². The van der Waals surface area contributed by atoms with Crippen molar-refractivity contribution in [2.45, 2.75) is 38.8 Å². The summed E-state index contributed by atoms with van der Waals surface area (Å²) < 4.78 is 23.5. The number of carbonyl (C=O) groups is 1. The van der Waals surface area contributed by atoms with Crippen molar-refractivity contribution in [1.29, 1.82) is 0 Å². The molecule has 8 nitrogen and oxygen atoms in total. The minimum atomic E-state index is -2.89. The molecule has 1 N–H and O–H groups in total. The summed E-state index contributed by atoms with van der Waals surface area (Å²) in [4.78, 5) is 26.2. The van der Waals surface area contributed by atoms with Crippen molar-refractivity contribution < 1.29 is 13.2 Å². The molecule has 1 amide bonds. The Morgan fingerprint density at radius 2 is 1.90 bits per heavy atom. The summed E-state index contributed by atoms with van der Waals surface area (Å²) in [5.41, 5.74) is 1.74. The molecule has 2 aliphatic rings. The van der Waals surface area contributed by atoms with Crippen molar-refractivity contribution in [2.75, 3.05) is 55.0 Å². The first-order valence-corrected chi connectivity index (χ1v) is 13.3. The van der Waals surface area contributed by atoms with E-state index in [1.807, 2.05) is 31.1 Å². The van der Waals surface area contributed by atoms with E-state index in [0.29, 0.717) is 31.9 Å². The van der Waals surface area contributed by atoms with Gasteiger partial charge >= 0.3 is 0 Å². The number of amides is 1. The fraction of sp³-hybridized carbons (Fsp3) is 0.737. The Bertz CT molecular complexity index is 805. The molecule has 2 aliphatic heterocycles. The van der Waals surface area contributed by atoms with Crippen LogP contribution in [-0.2, 0) is 14.6 Å². The smallest absolute Gasteiger partial charge is 0.245 e. The van der Waals surface area contributed by atoms with Crippen LogP contribution < -0.4 is 5.32 Å². The Balaban J connectivity index is 1.61. The van der Waals surface area contributed by atoms with Crippen LogP contribution in [-0.4, -0.2) is 95.9 Å². The average molecular weight is 442 g/mol. The molecule has 1 aromatic heterocycles. The van der Waals surface area contributed by atoms with E-state index in [9.17, 15) is 13.2 Å². The highest BCUT2D eigenvalue weighted by molar-refractivity contribution is 7.98. The monoisotopic (exact) mass is 441 g/mol. The third kappa shape index (κ3) is 6.05. The number of rotatable bonds is 7. The Labute approximate surface area is 177 Å². The molecule has 0 saturated carbocycles. The molecule has 162 valence electrons. The normalized spacial score (nSPS) is 23.1. The maximum Gasteiger partial charge on any atom is 0.245 e. The molecule has 1 aromatic rings. The second kappa shape index (κ2) is 9.61. The standard InChI is InChI=1S/C19H31N5O3S2/c1-14-12-15(2)21-19(20-14)22-17(4-10-28-3)18(25)24-8-6-23(7-9-24)16-5-11-29(26,27)13-16/h12,16-17H,4-11,13H2,1-3H3,(H,20,21,22). The first-order valence-electron chi connectivity index (χ1n) is 10.1. The van der Waals surface area contributed by atoms with Gasteiger partial charge in [0.2, 0.25) is 11.9 Å². The number of carbonyl (C=O) groups excluding carboxylic acids is 1. The topological polar surface area (TPSA) is 95.5 Å². The predicted octanol–water partition coefficient (Wildman–Crippen LogP) is 0.958. The van der Waals surface area contributed by atoms with Gasteiger partial charge in [0.25, 0.3) is 0 Å². The maximum absolute atomic E-state index is 13.2. The number of hydrogen-bond acceptors (Lipinski definition) is 8. The van der Waals surface area contributed by atoms with Gasteiger partial charge < -0.3 is 10.2 Å². The number of anilines is 1. The highest BCUT2D eigenvalue weighted by Gasteiger charge is 2.35. The number of aryl methyl sites for hydroxylation is 2. The van der Waals surface area contributed by atoms with Crippen LogP contribution in [0.3, 0.4) is 0 Å². The van der Waals surface area contributed by atoms with Crippen molar-refractivity contribution >= 4 is 33.5 Å². The molecule has 0 radical (unpaired) electrons. The van der Waals surface area contributed by atoms with Gasteiger partial charge in [0, 0.05) is 43.6 Å². The molecule has 2 atom stereocenters. The van der Waals surface area contributed by atoms with Crippen molar-refractivity contribution in [3.63, 3.8) is 0 Å². The lowest BCUT2D eigenvalue weighted by molar-refractivity contribution is -0.134. The quantitative estimate of drug-likeness (QED) is 0.668. The summed E-state index contributed by atoms with van der Waals surface area (Å²) in [6.07, 6.45) is 3.44. The van der Waals surface area contributed by atoms with Gasteiger partial charge in [-0.15, -0.1) is 0 Å². The summed E-state index contributed by atoms with van der Waals surface area (Å²) in [6, 6.07) is 1.65. The summed E-state index contributed by atoms with van der Waals surface area (Å²) in [7, 11) is -2.89. The molecular weight excluding hydrogens is 410 g/mol. The van der Waals surface area contributed by atoms with Crippen molar-refractivity contribution in [2.24, 2.45) is 0 Å². The van der Waals surface area contributed by atoms with Gasteiger partial charge in [-0.25, -0.2) is 18.4 Å². The van der Waals surface area contributed by atoms with Gasteiger partial charge in [0.15, 0.2) is 9.84 Å².